The average molecular weight is 224 g/mol. The number of anilines is 1. The number of para-hydroxylation sites is 1. The van der Waals surface area contributed by atoms with Crippen LogP contribution >= 0.6 is 0 Å². The molecule has 0 unspecified atom stereocenters. The van der Waals surface area contributed by atoms with Gasteiger partial charge in [-0.25, -0.2) is 0 Å². The highest BCUT2D eigenvalue weighted by Crippen LogP contribution is 2.25. The Hall–Kier alpha value is -1.62. The molecule has 1 aromatic rings. The van der Waals surface area contributed by atoms with Gasteiger partial charge in [0, 0.05) is 18.2 Å². The molecule has 1 aromatic carbocycles. The molecule has 2 N–H and O–H groups in total. The molecule has 0 bridgehead atoms. The lowest BCUT2D eigenvalue weighted by Gasteiger charge is -2.08. The van der Waals surface area contributed by atoms with Gasteiger partial charge >= 0.3 is 0 Å². The van der Waals surface area contributed by atoms with Gasteiger partial charge in [-0.2, -0.15) is 0 Å². The maximum atomic E-state index is 10.6. The minimum absolute atomic E-state index is 0.0642. The minimum Gasteiger partial charge on any atom is -0.393 e. The van der Waals surface area contributed by atoms with Gasteiger partial charge in [-0.15, -0.1) is 0 Å². The van der Waals surface area contributed by atoms with Gasteiger partial charge in [0.05, 0.1) is 11.5 Å². The highest BCUT2D eigenvalue weighted by atomic mass is 16.6. The van der Waals surface area contributed by atoms with Gasteiger partial charge in [0.2, 0.25) is 0 Å². The summed E-state index contributed by atoms with van der Waals surface area (Å²) in [5.41, 5.74) is 6.47. The first kappa shape index (κ1) is 12.4. The smallest absolute Gasteiger partial charge is 0.292 e. The number of hydrogen-bond donors (Lipinski definition) is 1. The molecule has 0 radical (unpaired) electrons. The van der Waals surface area contributed by atoms with Crippen LogP contribution in [0.4, 0.5) is 11.4 Å². The van der Waals surface area contributed by atoms with Crippen LogP contribution in [0.5, 0.6) is 0 Å². The zero-order valence-electron chi connectivity index (χ0n) is 9.47. The van der Waals surface area contributed by atoms with Crippen molar-refractivity contribution in [3.05, 3.63) is 33.9 Å². The summed E-state index contributed by atoms with van der Waals surface area (Å²) in [5.74, 6) is 0.430. The van der Waals surface area contributed by atoms with Crippen molar-refractivity contribution < 1.29 is 9.66 Å². The molecule has 0 amide bonds. The second-order valence-corrected chi connectivity index (χ2v) is 4.02. The zero-order chi connectivity index (χ0) is 12.1. The van der Waals surface area contributed by atoms with Crippen LogP contribution in [0.2, 0.25) is 0 Å². The summed E-state index contributed by atoms with van der Waals surface area (Å²) >= 11 is 0. The first-order valence-electron chi connectivity index (χ1n) is 5.12. The SMILES string of the molecule is CC(C)COCc1cccc([N+](=O)[O-])c1N. The van der Waals surface area contributed by atoms with E-state index < -0.39 is 4.92 Å². The van der Waals surface area contributed by atoms with Crippen molar-refractivity contribution in [2.75, 3.05) is 12.3 Å². The number of nitrogens with two attached hydrogens (primary N) is 1. The van der Waals surface area contributed by atoms with Crippen molar-refractivity contribution in [3.8, 4) is 0 Å². The second kappa shape index (κ2) is 5.46. The standard InChI is InChI=1S/C11H16N2O3/c1-8(2)6-16-7-9-4-3-5-10(11(9)12)13(14)15/h3-5,8H,6-7,12H2,1-2H3. The maximum absolute atomic E-state index is 10.6. The molecule has 0 aliphatic rings. The summed E-state index contributed by atoms with van der Waals surface area (Å²) in [5, 5.41) is 10.6. The number of hydrogen-bond acceptors (Lipinski definition) is 4. The Bertz CT molecular complexity index is 377. The van der Waals surface area contributed by atoms with Crippen molar-refractivity contribution in [2.45, 2.75) is 20.5 Å². The Labute approximate surface area is 94.4 Å². The van der Waals surface area contributed by atoms with Crippen molar-refractivity contribution in [3.63, 3.8) is 0 Å². The van der Waals surface area contributed by atoms with E-state index in [0.29, 0.717) is 24.7 Å². The van der Waals surface area contributed by atoms with E-state index in [4.69, 9.17) is 10.5 Å². The molecular formula is C11H16N2O3. The number of nitro benzene ring substituents is 1. The predicted octanol–water partition coefficient (Wildman–Crippen LogP) is 2.35. The monoisotopic (exact) mass is 224 g/mol. The summed E-state index contributed by atoms with van der Waals surface area (Å²) in [6, 6.07) is 4.74. The first-order valence-corrected chi connectivity index (χ1v) is 5.12. The molecule has 0 fully saturated rings. The predicted molar refractivity (Wildman–Crippen MR) is 62.0 cm³/mol. The fourth-order valence-electron chi connectivity index (χ4n) is 1.29. The quantitative estimate of drug-likeness (QED) is 0.473. The first-order chi connectivity index (χ1) is 7.52. The molecule has 1 rings (SSSR count). The normalized spacial score (nSPS) is 10.7. The van der Waals surface area contributed by atoms with Crippen LogP contribution in [-0.2, 0) is 11.3 Å². The summed E-state index contributed by atoms with van der Waals surface area (Å²) in [7, 11) is 0. The van der Waals surface area contributed by atoms with E-state index in [1.165, 1.54) is 6.07 Å². The summed E-state index contributed by atoms with van der Waals surface area (Å²) in [6.45, 7) is 5.00. The van der Waals surface area contributed by atoms with E-state index in [0.717, 1.165) is 0 Å². The van der Waals surface area contributed by atoms with Crippen LogP contribution in [0, 0.1) is 16.0 Å². The van der Waals surface area contributed by atoms with Crippen molar-refractivity contribution in [1.82, 2.24) is 0 Å². The van der Waals surface area contributed by atoms with E-state index in [9.17, 15) is 10.1 Å². The van der Waals surface area contributed by atoms with E-state index in [1.54, 1.807) is 12.1 Å². The average Bonchev–Trinajstić information content (AvgIpc) is 2.19. The maximum Gasteiger partial charge on any atom is 0.292 e. The Balaban J connectivity index is 2.73. The number of ether oxygens (including phenoxy) is 1. The highest BCUT2D eigenvalue weighted by molar-refractivity contribution is 5.62. The van der Waals surface area contributed by atoms with Crippen LogP contribution in [-0.4, -0.2) is 11.5 Å². The number of rotatable bonds is 5. The molecule has 16 heavy (non-hydrogen) atoms. The molecule has 0 aliphatic heterocycles. The van der Waals surface area contributed by atoms with Gasteiger partial charge in [-0.1, -0.05) is 26.0 Å². The van der Waals surface area contributed by atoms with Crippen LogP contribution in [0.1, 0.15) is 19.4 Å². The number of nitrogens with zero attached hydrogens (tertiary/aromatic N) is 1. The van der Waals surface area contributed by atoms with E-state index in [2.05, 4.69) is 0 Å². The molecule has 5 nitrogen and oxygen atoms in total. The fourth-order valence-corrected chi connectivity index (χ4v) is 1.29. The highest BCUT2D eigenvalue weighted by Gasteiger charge is 2.13. The van der Waals surface area contributed by atoms with E-state index >= 15 is 0 Å². The van der Waals surface area contributed by atoms with Gasteiger partial charge in [0.1, 0.15) is 5.69 Å². The molecule has 0 heterocycles. The van der Waals surface area contributed by atoms with Crippen molar-refractivity contribution in [1.29, 1.82) is 0 Å². The number of nitrogen functional groups attached to an aromatic ring is 1. The second-order valence-electron chi connectivity index (χ2n) is 4.02. The fraction of sp³-hybridized carbons (Fsp3) is 0.455. The largest absolute Gasteiger partial charge is 0.393 e. The minimum atomic E-state index is -0.485. The Kier molecular flexibility index (Phi) is 4.25. The Morgan fingerprint density at radius 2 is 2.19 bits per heavy atom. The third-order valence-electron chi connectivity index (χ3n) is 2.08. The topological polar surface area (TPSA) is 78.4 Å². The third-order valence-corrected chi connectivity index (χ3v) is 2.08. The molecule has 0 saturated carbocycles. The van der Waals surface area contributed by atoms with Crippen molar-refractivity contribution >= 4 is 11.4 Å². The summed E-state index contributed by atoms with van der Waals surface area (Å²) < 4.78 is 5.39. The molecule has 0 saturated heterocycles. The molecule has 0 spiro atoms. The van der Waals surface area contributed by atoms with Crippen LogP contribution in [0.3, 0.4) is 0 Å². The van der Waals surface area contributed by atoms with Gasteiger partial charge in [-0.3, -0.25) is 10.1 Å². The molecule has 0 aliphatic carbocycles. The van der Waals surface area contributed by atoms with Gasteiger partial charge in [0.25, 0.3) is 5.69 Å². The summed E-state index contributed by atoms with van der Waals surface area (Å²) in [4.78, 5) is 10.2. The number of nitro groups is 1. The molecule has 88 valence electrons. The lowest BCUT2D eigenvalue weighted by molar-refractivity contribution is -0.384. The molecule has 5 heteroatoms. The molecule has 0 atom stereocenters. The van der Waals surface area contributed by atoms with Crippen LogP contribution in [0.15, 0.2) is 18.2 Å². The van der Waals surface area contributed by atoms with E-state index in [-0.39, 0.29) is 11.4 Å². The lowest BCUT2D eigenvalue weighted by Crippen LogP contribution is -2.05. The van der Waals surface area contributed by atoms with E-state index in [1.807, 2.05) is 13.8 Å². The number of benzene rings is 1. The third kappa shape index (κ3) is 3.20. The Morgan fingerprint density at radius 1 is 1.50 bits per heavy atom. The summed E-state index contributed by atoms with van der Waals surface area (Å²) in [6.07, 6.45) is 0. The molecular weight excluding hydrogens is 208 g/mol. The van der Waals surface area contributed by atoms with Gasteiger partial charge in [0.15, 0.2) is 0 Å². The molecule has 0 aromatic heterocycles. The van der Waals surface area contributed by atoms with Crippen molar-refractivity contribution in [2.24, 2.45) is 5.92 Å². The van der Waals surface area contributed by atoms with Crippen LogP contribution < -0.4 is 5.73 Å². The zero-order valence-corrected chi connectivity index (χ0v) is 9.47. The van der Waals surface area contributed by atoms with Gasteiger partial charge < -0.3 is 10.5 Å². The Morgan fingerprint density at radius 3 is 2.75 bits per heavy atom. The lowest BCUT2D eigenvalue weighted by atomic mass is 10.1. The van der Waals surface area contributed by atoms with Crippen LogP contribution in [0.25, 0.3) is 0 Å². The van der Waals surface area contributed by atoms with Gasteiger partial charge in [-0.05, 0) is 5.92 Å².